The van der Waals surface area contributed by atoms with Gasteiger partial charge in [-0.25, -0.2) is 0 Å². The highest BCUT2D eigenvalue weighted by molar-refractivity contribution is 5.75. The molecule has 0 aliphatic carbocycles. The fourth-order valence-corrected chi connectivity index (χ4v) is 1.01. The second-order valence-corrected chi connectivity index (χ2v) is 5.36. The first kappa shape index (κ1) is 29.9. The monoisotopic (exact) mass is 413 g/mol. The van der Waals surface area contributed by atoms with Gasteiger partial charge in [0.25, 0.3) is 0 Å². The van der Waals surface area contributed by atoms with Crippen LogP contribution in [0.2, 0.25) is 0 Å². The molecule has 0 fully saturated rings. The van der Waals surface area contributed by atoms with E-state index in [4.69, 9.17) is 47.8 Å². The number of aliphatic carboxylic acids is 5. The highest BCUT2D eigenvalue weighted by atomic mass is 16.4. The summed E-state index contributed by atoms with van der Waals surface area (Å²) in [5.74, 6) is -5.57. The van der Waals surface area contributed by atoms with Gasteiger partial charge in [0.1, 0.15) is 18.1 Å². The number of nitrogens with two attached hydrogens (primary N) is 3. The molecule has 12 N–H and O–H groups in total. The van der Waals surface area contributed by atoms with Crippen LogP contribution in [-0.2, 0) is 24.0 Å². The first-order valence-corrected chi connectivity index (χ1v) is 7.70. The molecule has 0 aromatic heterocycles. The molecular weight excluding hydrogens is 386 g/mol. The van der Waals surface area contributed by atoms with Crippen LogP contribution in [-0.4, -0.2) is 84.7 Å². The number of rotatable bonds is 10. The van der Waals surface area contributed by atoms with E-state index in [2.05, 4.69) is 0 Å². The van der Waals surface area contributed by atoms with Crippen molar-refractivity contribution in [3.63, 3.8) is 0 Å². The van der Waals surface area contributed by atoms with Crippen molar-refractivity contribution in [2.45, 2.75) is 56.8 Å². The Balaban J connectivity index is -0.000000337. The lowest BCUT2D eigenvalue weighted by Gasteiger charge is -2.06. The fourth-order valence-electron chi connectivity index (χ4n) is 1.01. The smallest absolute Gasteiger partial charge is 0.323 e. The Bertz CT molecular complexity index is 491. The first-order valence-electron chi connectivity index (χ1n) is 7.70. The Morgan fingerprint density at radius 3 is 1.07 bits per heavy atom. The molecule has 0 aliphatic heterocycles. The number of aliphatic hydroxyl groups is 1. The fraction of sp³-hybridized carbons (Fsp3) is 0.643. The molecule has 0 aromatic carbocycles. The van der Waals surface area contributed by atoms with E-state index < -0.39 is 54.1 Å². The molecule has 0 aromatic rings. The van der Waals surface area contributed by atoms with Gasteiger partial charge in [-0.1, -0.05) is 0 Å². The van der Waals surface area contributed by atoms with Crippen LogP contribution in [0.4, 0.5) is 0 Å². The molecule has 164 valence electrons. The third kappa shape index (κ3) is 21.2. The summed E-state index contributed by atoms with van der Waals surface area (Å²) in [6, 6.07) is -3.28. The summed E-state index contributed by atoms with van der Waals surface area (Å²) >= 11 is 0. The van der Waals surface area contributed by atoms with E-state index in [9.17, 15) is 24.0 Å². The summed E-state index contributed by atoms with van der Waals surface area (Å²) in [5.41, 5.74) is 14.9. The zero-order valence-corrected chi connectivity index (χ0v) is 15.1. The second-order valence-electron chi connectivity index (χ2n) is 5.36. The van der Waals surface area contributed by atoms with Crippen LogP contribution in [0.25, 0.3) is 0 Å². The third-order valence-corrected chi connectivity index (χ3v) is 2.78. The Morgan fingerprint density at radius 2 is 0.964 bits per heavy atom. The van der Waals surface area contributed by atoms with Crippen LogP contribution < -0.4 is 17.2 Å². The standard InChI is InChI=1S/2C5H9NO4.C4H9NO3/c2*6-3(5(9)10)1-2-4(7)8;1-2(6)3(5)4(7)8/h2*3H,1-2,6H2,(H,7,8)(H,9,10);2-3,6H,5H2,1H3,(H,7,8)/t2*3-;2-,3+/m001/s1. The first-order chi connectivity index (χ1) is 12.6. The average molecular weight is 413 g/mol. The normalized spacial score (nSPS) is 13.9. The van der Waals surface area contributed by atoms with Crippen LogP contribution in [0.3, 0.4) is 0 Å². The number of aliphatic hydroxyl groups excluding tert-OH is 1. The van der Waals surface area contributed by atoms with Crippen LogP contribution in [0.1, 0.15) is 32.6 Å². The largest absolute Gasteiger partial charge is 0.481 e. The van der Waals surface area contributed by atoms with Crippen molar-refractivity contribution in [1.29, 1.82) is 0 Å². The SMILES string of the molecule is C[C@@H](O)[C@H](N)C(=O)O.N[C@@H](CCC(=O)O)C(=O)O.N[C@@H](CCC(=O)O)C(=O)O. The number of carboxylic acid groups (broad SMARTS) is 5. The molecule has 28 heavy (non-hydrogen) atoms. The van der Waals surface area contributed by atoms with Gasteiger partial charge in [0.2, 0.25) is 0 Å². The molecule has 14 heteroatoms. The van der Waals surface area contributed by atoms with Crippen molar-refractivity contribution in [2.75, 3.05) is 0 Å². The summed E-state index contributed by atoms with van der Waals surface area (Å²) in [4.78, 5) is 49.6. The third-order valence-electron chi connectivity index (χ3n) is 2.78. The Morgan fingerprint density at radius 1 is 0.679 bits per heavy atom. The van der Waals surface area contributed by atoms with Crippen molar-refractivity contribution in [3.8, 4) is 0 Å². The molecule has 0 amide bonds. The number of carbonyl (C=O) groups is 5. The highest BCUT2D eigenvalue weighted by Crippen LogP contribution is 1.94. The average Bonchev–Trinajstić information content (AvgIpc) is 2.57. The number of hydrogen-bond donors (Lipinski definition) is 9. The summed E-state index contributed by atoms with van der Waals surface area (Å²) in [5, 5.41) is 49.1. The van der Waals surface area contributed by atoms with Gasteiger partial charge < -0.3 is 47.8 Å². The van der Waals surface area contributed by atoms with Crippen LogP contribution >= 0.6 is 0 Å². The zero-order valence-electron chi connectivity index (χ0n) is 15.1. The van der Waals surface area contributed by atoms with Crippen molar-refractivity contribution in [2.24, 2.45) is 17.2 Å². The molecule has 0 unspecified atom stereocenters. The zero-order chi connectivity index (χ0) is 23.0. The van der Waals surface area contributed by atoms with Gasteiger partial charge in [-0.05, 0) is 19.8 Å². The van der Waals surface area contributed by atoms with Crippen molar-refractivity contribution in [1.82, 2.24) is 0 Å². The van der Waals surface area contributed by atoms with Crippen LogP contribution in [0, 0.1) is 0 Å². The van der Waals surface area contributed by atoms with E-state index in [0.29, 0.717) is 0 Å². The number of carboxylic acids is 5. The molecule has 0 saturated carbocycles. The minimum Gasteiger partial charge on any atom is -0.481 e. The molecule has 0 rings (SSSR count). The lowest BCUT2D eigenvalue weighted by atomic mass is 10.2. The van der Waals surface area contributed by atoms with E-state index >= 15 is 0 Å². The van der Waals surface area contributed by atoms with Crippen molar-refractivity contribution >= 4 is 29.8 Å². The van der Waals surface area contributed by atoms with Gasteiger partial charge in [-0.2, -0.15) is 0 Å². The maximum Gasteiger partial charge on any atom is 0.323 e. The molecule has 0 aliphatic rings. The van der Waals surface area contributed by atoms with Gasteiger partial charge >= 0.3 is 29.8 Å². The minimum absolute atomic E-state index is 0.0231. The van der Waals surface area contributed by atoms with Gasteiger partial charge in [0.05, 0.1) is 6.10 Å². The van der Waals surface area contributed by atoms with E-state index in [0.717, 1.165) is 0 Å². The van der Waals surface area contributed by atoms with E-state index in [1.807, 2.05) is 0 Å². The van der Waals surface area contributed by atoms with Crippen molar-refractivity contribution in [3.05, 3.63) is 0 Å². The summed E-state index contributed by atoms with van der Waals surface area (Å²) in [6.45, 7) is 1.33. The predicted octanol–water partition coefficient (Wildman–Crippen LogP) is -2.69. The predicted molar refractivity (Wildman–Crippen MR) is 92.3 cm³/mol. The van der Waals surface area contributed by atoms with Gasteiger partial charge in [0, 0.05) is 12.8 Å². The molecule has 0 saturated heterocycles. The Labute approximate surface area is 159 Å². The summed E-state index contributed by atoms with van der Waals surface area (Å²) in [6.07, 6.45) is -1.43. The van der Waals surface area contributed by atoms with E-state index in [1.165, 1.54) is 6.92 Å². The van der Waals surface area contributed by atoms with Gasteiger partial charge in [-0.15, -0.1) is 0 Å². The van der Waals surface area contributed by atoms with Crippen molar-refractivity contribution < 1.29 is 54.6 Å². The second kappa shape index (κ2) is 16.4. The quantitative estimate of drug-likeness (QED) is 0.176. The highest BCUT2D eigenvalue weighted by Gasteiger charge is 2.16. The molecule has 0 bridgehead atoms. The molecule has 4 atom stereocenters. The topological polar surface area (TPSA) is 285 Å². The van der Waals surface area contributed by atoms with Gasteiger partial charge in [0.15, 0.2) is 0 Å². The van der Waals surface area contributed by atoms with Gasteiger partial charge in [-0.3, -0.25) is 24.0 Å². The molecule has 0 spiro atoms. The maximum atomic E-state index is 9.99. The molecule has 0 radical (unpaired) electrons. The van der Waals surface area contributed by atoms with E-state index in [-0.39, 0.29) is 25.7 Å². The number of hydrogen-bond acceptors (Lipinski definition) is 9. The summed E-state index contributed by atoms with van der Waals surface area (Å²) in [7, 11) is 0. The summed E-state index contributed by atoms with van der Waals surface area (Å²) < 4.78 is 0. The molecule has 0 heterocycles. The van der Waals surface area contributed by atoms with Crippen LogP contribution in [0.15, 0.2) is 0 Å². The molecule has 14 nitrogen and oxygen atoms in total. The minimum atomic E-state index is -1.18. The Hall–Kier alpha value is -2.81. The Kier molecular flexibility index (Phi) is 17.5. The maximum absolute atomic E-state index is 9.99. The van der Waals surface area contributed by atoms with E-state index in [1.54, 1.807) is 0 Å². The lowest BCUT2D eigenvalue weighted by molar-refractivity contribution is -0.141. The van der Waals surface area contributed by atoms with Crippen LogP contribution in [0.5, 0.6) is 0 Å². The molecular formula is C14H27N3O11. The lowest BCUT2D eigenvalue weighted by Crippen LogP contribution is -2.39.